The van der Waals surface area contributed by atoms with E-state index >= 15 is 0 Å². The van der Waals surface area contributed by atoms with E-state index in [1.54, 1.807) is 11.3 Å². The first-order valence-corrected chi connectivity index (χ1v) is 8.71. The van der Waals surface area contributed by atoms with Gasteiger partial charge in [-0.25, -0.2) is 4.98 Å². The molecule has 5 nitrogen and oxygen atoms in total. The zero-order chi connectivity index (χ0) is 17.3. The molecule has 1 aromatic carbocycles. The number of furan rings is 1. The Morgan fingerprint density at radius 1 is 1.38 bits per heavy atom. The van der Waals surface area contributed by atoms with Crippen molar-refractivity contribution >= 4 is 28.2 Å². The highest BCUT2D eigenvalue weighted by molar-refractivity contribution is 7.09. The van der Waals surface area contributed by atoms with Crippen LogP contribution in [0.3, 0.4) is 0 Å². The van der Waals surface area contributed by atoms with Crippen LogP contribution in [0.25, 0.3) is 11.0 Å². The summed E-state index contributed by atoms with van der Waals surface area (Å²) in [6.45, 7) is 4.53. The van der Waals surface area contributed by atoms with Crippen LogP contribution in [0, 0.1) is 6.92 Å². The largest absolute Gasteiger partial charge is 0.451 e. The van der Waals surface area contributed by atoms with Gasteiger partial charge in [-0.05, 0) is 34.0 Å². The maximum Gasteiger partial charge on any atom is 0.287 e. The van der Waals surface area contributed by atoms with Crippen molar-refractivity contribution < 1.29 is 9.21 Å². The molecule has 126 valence electrons. The van der Waals surface area contributed by atoms with Gasteiger partial charge >= 0.3 is 0 Å². The Hall–Kier alpha value is -2.18. The van der Waals surface area contributed by atoms with Crippen LogP contribution >= 0.6 is 11.3 Å². The highest BCUT2D eigenvalue weighted by Gasteiger charge is 2.23. The van der Waals surface area contributed by atoms with E-state index < -0.39 is 0 Å². The van der Waals surface area contributed by atoms with Crippen molar-refractivity contribution in [1.82, 2.24) is 15.2 Å². The van der Waals surface area contributed by atoms with Crippen LogP contribution in [-0.2, 0) is 6.54 Å². The maximum atomic E-state index is 12.8. The molecule has 0 fully saturated rings. The minimum Gasteiger partial charge on any atom is -0.451 e. The van der Waals surface area contributed by atoms with Crippen LogP contribution in [0.5, 0.6) is 0 Å². The monoisotopic (exact) mass is 343 g/mol. The summed E-state index contributed by atoms with van der Waals surface area (Å²) in [5.74, 6) is 0.174. The van der Waals surface area contributed by atoms with E-state index in [9.17, 15) is 4.79 Å². The molecule has 3 aromatic rings. The van der Waals surface area contributed by atoms with Crippen LogP contribution in [-0.4, -0.2) is 29.9 Å². The van der Waals surface area contributed by atoms with E-state index in [0.29, 0.717) is 12.3 Å². The minimum absolute atomic E-state index is 0.156. The van der Waals surface area contributed by atoms with Gasteiger partial charge in [-0.2, -0.15) is 0 Å². The summed E-state index contributed by atoms with van der Waals surface area (Å²) < 4.78 is 5.85. The number of hydrogen-bond donors (Lipinski definition) is 1. The molecule has 0 aliphatic carbocycles. The average molecular weight is 343 g/mol. The van der Waals surface area contributed by atoms with Crippen LogP contribution < -0.4 is 5.32 Å². The number of hydrogen-bond acceptors (Lipinski definition) is 5. The predicted octanol–water partition coefficient (Wildman–Crippen LogP) is 3.75. The van der Waals surface area contributed by atoms with E-state index in [-0.39, 0.29) is 11.9 Å². The number of aromatic nitrogens is 1. The van der Waals surface area contributed by atoms with Crippen LogP contribution in [0.2, 0.25) is 0 Å². The number of para-hydroxylation sites is 1. The second-order valence-electron chi connectivity index (χ2n) is 6.17. The molecular formula is C18H21N3O2S. The van der Waals surface area contributed by atoms with Gasteiger partial charge in [-0.1, -0.05) is 18.2 Å². The van der Waals surface area contributed by atoms with E-state index in [1.165, 1.54) is 0 Å². The number of amides is 1. The number of aryl methyl sites for hydroxylation is 1. The Bertz CT molecular complexity index is 866. The van der Waals surface area contributed by atoms with Gasteiger partial charge in [0.1, 0.15) is 10.6 Å². The first-order chi connectivity index (χ1) is 11.5. The SMILES string of the molecule is Cc1csc([C@@H](C)NC(=O)c2oc3ccccc3c2CN(C)C)n1. The fourth-order valence-electron chi connectivity index (χ4n) is 2.65. The summed E-state index contributed by atoms with van der Waals surface area (Å²) in [6.07, 6.45) is 0. The maximum absolute atomic E-state index is 12.8. The molecule has 0 saturated carbocycles. The number of carbonyl (C=O) groups is 1. The quantitative estimate of drug-likeness (QED) is 0.766. The molecule has 0 saturated heterocycles. The minimum atomic E-state index is -0.205. The second kappa shape index (κ2) is 6.75. The molecular weight excluding hydrogens is 322 g/mol. The van der Waals surface area contributed by atoms with Crippen LogP contribution in [0.15, 0.2) is 34.1 Å². The van der Waals surface area contributed by atoms with E-state index in [2.05, 4.69) is 10.3 Å². The molecule has 6 heteroatoms. The highest BCUT2D eigenvalue weighted by atomic mass is 32.1. The lowest BCUT2D eigenvalue weighted by Gasteiger charge is -2.13. The molecule has 1 N–H and O–H groups in total. The molecule has 0 bridgehead atoms. The number of fused-ring (bicyclic) bond motifs is 1. The number of thiazole rings is 1. The summed E-state index contributed by atoms with van der Waals surface area (Å²) in [5, 5.41) is 6.86. The zero-order valence-electron chi connectivity index (χ0n) is 14.3. The number of nitrogens with zero attached hydrogens (tertiary/aromatic N) is 2. The molecule has 2 heterocycles. The molecule has 3 rings (SSSR count). The van der Waals surface area contributed by atoms with E-state index in [1.807, 2.05) is 62.5 Å². The standard InChI is InChI=1S/C18H21N3O2S/c1-11-10-24-18(19-11)12(2)20-17(22)16-14(9-21(3)4)13-7-5-6-8-15(13)23-16/h5-8,10,12H,9H2,1-4H3,(H,20,22)/t12-/m1/s1. The molecule has 0 aliphatic rings. The lowest BCUT2D eigenvalue weighted by atomic mass is 10.1. The normalized spacial score (nSPS) is 12.7. The van der Waals surface area contributed by atoms with Crippen molar-refractivity contribution in [3.8, 4) is 0 Å². The summed E-state index contributed by atoms with van der Waals surface area (Å²) in [6, 6.07) is 7.59. The Morgan fingerprint density at radius 2 is 2.12 bits per heavy atom. The van der Waals surface area contributed by atoms with Gasteiger partial charge in [0.15, 0.2) is 5.76 Å². The summed E-state index contributed by atoms with van der Waals surface area (Å²) in [4.78, 5) is 19.2. The first kappa shape index (κ1) is 16.7. The van der Waals surface area contributed by atoms with Crippen molar-refractivity contribution in [2.75, 3.05) is 14.1 Å². The smallest absolute Gasteiger partial charge is 0.287 e. The molecule has 2 aromatic heterocycles. The molecule has 0 spiro atoms. The zero-order valence-corrected chi connectivity index (χ0v) is 15.1. The summed E-state index contributed by atoms with van der Waals surface area (Å²) in [5.41, 5.74) is 2.61. The first-order valence-electron chi connectivity index (χ1n) is 7.83. The van der Waals surface area contributed by atoms with Crippen molar-refractivity contribution in [3.63, 3.8) is 0 Å². The van der Waals surface area contributed by atoms with Gasteiger partial charge in [0.2, 0.25) is 0 Å². The van der Waals surface area contributed by atoms with Crippen LogP contribution in [0.1, 0.15) is 39.8 Å². The topological polar surface area (TPSA) is 58.4 Å². The van der Waals surface area contributed by atoms with Crippen molar-refractivity contribution in [2.24, 2.45) is 0 Å². The predicted molar refractivity (Wildman–Crippen MR) is 96.3 cm³/mol. The molecule has 1 amide bonds. The summed E-state index contributed by atoms with van der Waals surface area (Å²) >= 11 is 1.55. The molecule has 0 unspecified atom stereocenters. The van der Waals surface area contributed by atoms with Crippen molar-refractivity contribution in [3.05, 3.63) is 51.7 Å². The Balaban J connectivity index is 1.91. The number of rotatable bonds is 5. The Morgan fingerprint density at radius 3 is 2.79 bits per heavy atom. The van der Waals surface area contributed by atoms with Gasteiger partial charge in [0, 0.05) is 28.6 Å². The van der Waals surface area contributed by atoms with Gasteiger partial charge in [0.25, 0.3) is 5.91 Å². The van der Waals surface area contributed by atoms with E-state index in [0.717, 1.165) is 27.2 Å². The molecule has 24 heavy (non-hydrogen) atoms. The fraction of sp³-hybridized carbons (Fsp3) is 0.333. The summed E-state index contributed by atoms with van der Waals surface area (Å²) in [7, 11) is 3.95. The number of carbonyl (C=O) groups excluding carboxylic acids is 1. The third kappa shape index (κ3) is 3.34. The number of benzene rings is 1. The third-order valence-electron chi connectivity index (χ3n) is 3.73. The van der Waals surface area contributed by atoms with Gasteiger partial charge < -0.3 is 14.6 Å². The lowest BCUT2D eigenvalue weighted by Crippen LogP contribution is -2.27. The lowest BCUT2D eigenvalue weighted by molar-refractivity contribution is 0.0911. The van der Waals surface area contributed by atoms with Crippen LogP contribution in [0.4, 0.5) is 0 Å². The Kier molecular flexibility index (Phi) is 4.69. The van der Waals surface area contributed by atoms with Gasteiger partial charge in [-0.15, -0.1) is 11.3 Å². The van der Waals surface area contributed by atoms with Gasteiger partial charge in [-0.3, -0.25) is 4.79 Å². The Labute approximate surface area is 145 Å². The number of nitrogens with one attached hydrogen (secondary N) is 1. The van der Waals surface area contributed by atoms with Crippen molar-refractivity contribution in [2.45, 2.75) is 26.4 Å². The molecule has 0 radical (unpaired) electrons. The highest BCUT2D eigenvalue weighted by Crippen LogP contribution is 2.27. The average Bonchev–Trinajstić information content (AvgIpc) is 3.11. The molecule has 0 aliphatic heterocycles. The van der Waals surface area contributed by atoms with E-state index in [4.69, 9.17) is 4.42 Å². The van der Waals surface area contributed by atoms with Crippen molar-refractivity contribution in [1.29, 1.82) is 0 Å². The van der Waals surface area contributed by atoms with Gasteiger partial charge in [0.05, 0.1) is 6.04 Å². The second-order valence-corrected chi connectivity index (χ2v) is 7.06. The molecule has 1 atom stereocenters. The third-order valence-corrected chi connectivity index (χ3v) is 4.88. The fourth-order valence-corrected chi connectivity index (χ4v) is 3.45.